The molecule has 0 bridgehead atoms. The zero-order valence-corrected chi connectivity index (χ0v) is 30.6. The molecule has 0 saturated carbocycles. The van der Waals surface area contributed by atoms with E-state index in [1.165, 1.54) is 102 Å². The van der Waals surface area contributed by atoms with Crippen LogP contribution in [0.1, 0.15) is 0 Å². The monoisotopic (exact) mass is 716 g/mol. The highest BCUT2D eigenvalue weighted by atomic mass is 32.1. The predicted molar refractivity (Wildman–Crippen MR) is 236 cm³/mol. The molecule has 3 aromatic heterocycles. The Morgan fingerprint density at radius 1 is 0.309 bits per heavy atom. The third-order valence-electron chi connectivity index (χ3n) is 11.5. The third-order valence-corrected chi connectivity index (χ3v) is 12.7. The fourth-order valence-corrected chi connectivity index (χ4v) is 10.1. The van der Waals surface area contributed by atoms with E-state index in [1.807, 2.05) is 11.3 Å². The number of hydrogen-bond donors (Lipinski definition) is 0. The lowest BCUT2D eigenvalue weighted by molar-refractivity contribution is 1.18. The Morgan fingerprint density at radius 2 is 0.909 bits per heavy atom. The van der Waals surface area contributed by atoms with Crippen molar-refractivity contribution >= 4 is 85.9 Å². The summed E-state index contributed by atoms with van der Waals surface area (Å²) < 4.78 is 7.54. The molecule has 0 atom stereocenters. The van der Waals surface area contributed by atoms with E-state index in [9.17, 15) is 0 Å². The Bertz CT molecular complexity index is 3470. The van der Waals surface area contributed by atoms with Crippen LogP contribution in [-0.4, -0.2) is 9.13 Å². The van der Waals surface area contributed by atoms with Crippen LogP contribution < -0.4 is 0 Å². The minimum atomic E-state index is 1.16. The Kier molecular flexibility index (Phi) is 6.54. The highest BCUT2D eigenvalue weighted by Crippen LogP contribution is 2.45. The van der Waals surface area contributed by atoms with Crippen molar-refractivity contribution in [3.8, 4) is 33.6 Å². The maximum absolute atomic E-state index is 2.45. The van der Waals surface area contributed by atoms with Crippen molar-refractivity contribution in [2.75, 3.05) is 0 Å². The van der Waals surface area contributed by atoms with Gasteiger partial charge in [0.25, 0.3) is 0 Å². The Labute approximate surface area is 321 Å². The molecule has 3 heterocycles. The number of nitrogens with zero attached hydrogens (tertiary/aromatic N) is 2. The van der Waals surface area contributed by atoms with E-state index in [0.29, 0.717) is 0 Å². The average Bonchev–Trinajstić information content (AvgIpc) is 3.91. The second kappa shape index (κ2) is 11.8. The summed E-state index contributed by atoms with van der Waals surface area (Å²) in [6.07, 6.45) is 0. The lowest BCUT2D eigenvalue weighted by Crippen LogP contribution is -1.95. The third kappa shape index (κ3) is 4.54. The standard InChI is InChI=1S/C52H32N2S/c1-2-11-33(12-3-1)34-21-25-38(26-22-34)53-47-28-24-37(32-43(47)51-48(53)29-30-50-52(51)41-17-7-9-20-49(41)55-50)36-23-27-46-42(31-36)40-16-6-8-18-45(40)54(46)44-19-10-14-35-13-4-5-15-39(35)44/h1-32H. The van der Waals surface area contributed by atoms with Gasteiger partial charge in [0.15, 0.2) is 0 Å². The van der Waals surface area contributed by atoms with Crippen molar-refractivity contribution in [3.63, 3.8) is 0 Å². The molecule has 12 rings (SSSR count). The SMILES string of the molecule is c1ccc(-c2ccc(-n3c4ccc(-c5ccc6c(c5)c5ccccc5n6-c5cccc6ccccc56)cc4c4c5c(ccc43)sc3ccccc35)cc2)cc1. The zero-order valence-electron chi connectivity index (χ0n) is 29.8. The molecule has 2 nitrogen and oxygen atoms in total. The van der Waals surface area contributed by atoms with Crippen molar-refractivity contribution in [1.29, 1.82) is 0 Å². The number of hydrogen-bond acceptors (Lipinski definition) is 1. The van der Waals surface area contributed by atoms with Crippen LogP contribution in [0.2, 0.25) is 0 Å². The summed E-state index contributed by atoms with van der Waals surface area (Å²) in [6, 6.07) is 71.4. The summed E-state index contributed by atoms with van der Waals surface area (Å²) in [5.74, 6) is 0. The summed E-state index contributed by atoms with van der Waals surface area (Å²) >= 11 is 1.88. The lowest BCUT2D eigenvalue weighted by atomic mass is 9.99. The van der Waals surface area contributed by atoms with E-state index in [2.05, 4.69) is 203 Å². The van der Waals surface area contributed by atoms with Crippen LogP contribution in [0, 0.1) is 0 Å². The number of benzene rings is 9. The van der Waals surface area contributed by atoms with Crippen LogP contribution in [-0.2, 0) is 0 Å². The molecule has 0 aliphatic heterocycles. The normalized spacial score (nSPS) is 12.0. The van der Waals surface area contributed by atoms with Gasteiger partial charge in [-0.15, -0.1) is 11.3 Å². The van der Waals surface area contributed by atoms with Crippen LogP contribution in [0.5, 0.6) is 0 Å². The summed E-state index contributed by atoms with van der Waals surface area (Å²) in [7, 11) is 0. The van der Waals surface area contributed by atoms with Crippen LogP contribution in [0.4, 0.5) is 0 Å². The molecule has 0 spiro atoms. The molecule has 0 aliphatic rings. The topological polar surface area (TPSA) is 9.86 Å². The van der Waals surface area contributed by atoms with Crippen molar-refractivity contribution in [2.24, 2.45) is 0 Å². The van der Waals surface area contributed by atoms with E-state index >= 15 is 0 Å². The van der Waals surface area contributed by atoms with E-state index in [-0.39, 0.29) is 0 Å². The lowest BCUT2D eigenvalue weighted by Gasteiger charge is -2.12. The van der Waals surface area contributed by atoms with Crippen LogP contribution >= 0.6 is 11.3 Å². The molecule has 3 heteroatoms. The molecular formula is C52H32N2S. The molecule has 55 heavy (non-hydrogen) atoms. The highest BCUT2D eigenvalue weighted by Gasteiger charge is 2.20. The number of thiophene rings is 1. The van der Waals surface area contributed by atoms with Gasteiger partial charge in [0, 0.05) is 52.8 Å². The van der Waals surface area contributed by atoms with E-state index in [0.717, 1.165) is 5.69 Å². The Balaban J connectivity index is 1.10. The van der Waals surface area contributed by atoms with Gasteiger partial charge in [0.05, 0.1) is 27.8 Å². The molecule has 0 unspecified atom stereocenters. The Hall–Kier alpha value is -6.94. The maximum atomic E-state index is 2.45. The van der Waals surface area contributed by atoms with E-state index in [1.54, 1.807) is 0 Å². The molecule has 0 fully saturated rings. The first-order valence-corrected chi connectivity index (χ1v) is 19.7. The summed E-state index contributed by atoms with van der Waals surface area (Å²) in [5.41, 5.74) is 12.1. The fraction of sp³-hybridized carbons (Fsp3) is 0. The molecule has 0 amide bonds. The highest BCUT2D eigenvalue weighted by molar-refractivity contribution is 7.26. The quantitative estimate of drug-likeness (QED) is 0.172. The molecule has 0 aliphatic carbocycles. The molecule has 9 aromatic carbocycles. The number of rotatable bonds is 4. The smallest absolute Gasteiger partial charge is 0.0548 e. The fourth-order valence-electron chi connectivity index (χ4n) is 9.03. The largest absolute Gasteiger partial charge is 0.309 e. The van der Waals surface area contributed by atoms with Gasteiger partial charge >= 0.3 is 0 Å². The Morgan fingerprint density at radius 3 is 1.75 bits per heavy atom. The molecule has 0 saturated heterocycles. The first-order valence-electron chi connectivity index (χ1n) is 18.8. The summed E-state index contributed by atoms with van der Waals surface area (Å²) in [6.45, 7) is 0. The predicted octanol–water partition coefficient (Wildman–Crippen LogP) is 14.7. The van der Waals surface area contributed by atoms with Gasteiger partial charge in [-0.1, -0.05) is 127 Å². The molecule has 12 aromatic rings. The minimum absolute atomic E-state index is 1.16. The van der Waals surface area contributed by atoms with Crippen LogP contribution in [0.25, 0.3) is 108 Å². The van der Waals surface area contributed by atoms with Crippen LogP contribution in [0.15, 0.2) is 194 Å². The van der Waals surface area contributed by atoms with Gasteiger partial charge in [-0.05, 0) is 94.4 Å². The van der Waals surface area contributed by atoms with Crippen molar-refractivity contribution in [1.82, 2.24) is 9.13 Å². The molecule has 256 valence electrons. The van der Waals surface area contributed by atoms with Gasteiger partial charge in [0.2, 0.25) is 0 Å². The summed E-state index contributed by atoms with van der Waals surface area (Å²) in [5, 5.41) is 10.3. The maximum Gasteiger partial charge on any atom is 0.0548 e. The number of fused-ring (bicyclic) bond motifs is 11. The average molecular weight is 717 g/mol. The van der Waals surface area contributed by atoms with Gasteiger partial charge in [-0.25, -0.2) is 0 Å². The van der Waals surface area contributed by atoms with E-state index in [4.69, 9.17) is 0 Å². The van der Waals surface area contributed by atoms with Crippen molar-refractivity contribution in [3.05, 3.63) is 194 Å². The molecular weight excluding hydrogens is 685 g/mol. The summed E-state index contributed by atoms with van der Waals surface area (Å²) in [4.78, 5) is 0. The molecule has 0 N–H and O–H groups in total. The van der Waals surface area contributed by atoms with Gasteiger partial charge in [-0.2, -0.15) is 0 Å². The number of aromatic nitrogens is 2. The molecule has 0 radical (unpaired) electrons. The van der Waals surface area contributed by atoms with Gasteiger partial charge in [0.1, 0.15) is 0 Å². The van der Waals surface area contributed by atoms with Gasteiger partial charge in [-0.3, -0.25) is 0 Å². The first kappa shape index (κ1) is 30.5. The zero-order chi connectivity index (χ0) is 36.0. The second-order valence-corrected chi connectivity index (χ2v) is 15.6. The minimum Gasteiger partial charge on any atom is -0.309 e. The first-order chi connectivity index (χ1) is 27.3. The second-order valence-electron chi connectivity index (χ2n) is 14.5. The van der Waals surface area contributed by atoms with E-state index < -0.39 is 0 Å². The van der Waals surface area contributed by atoms with Gasteiger partial charge < -0.3 is 9.13 Å². The van der Waals surface area contributed by atoms with Crippen LogP contribution in [0.3, 0.4) is 0 Å². The number of para-hydroxylation sites is 1. The van der Waals surface area contributed by atoms with Crippen molar-refractivity contribution < 1.29 is 0 Å². The van der Waals surface area contributed by atoms with Crippen molar-refractivity contribution in [2.45, 2.75) is 0 Å².